The largest absolute Gasteiger partial charge is 0.335 e. The number of aryl methyl sites for hydroxylation is 2. The summed E-state index contributed by atoms with van der Waals surface area (Å²) in [6.07, 6.45) is 10.1. The van der Waals surface area contributed by atoms with Crippen molar-refractivity contribution in [3.05, 3.63) is 48.3 Å². The highest BCUT2D eigenvalue weighted by molar-refractivity contribution is 5.04. The van der Waals surface area contributed by atoms with Crippen molar-refractivity contribution in [2.45, 2.75) is 52.1 Å². The summed E-state index contributed by atoms with van der Waals surface area (Å²) in [5.41, 5.74) is 1.16. The van der Waals surface area contributed by atoms with Crippen LogP contribution in [0.2, 0.25) is 0 Å². The molecule has 1 N–H and O–H groups in total. The predicted octanol–water partition coefficient (Wildman–Crippen LogP) is 2.84. The molecule has 0 saturated heterocycles. The Hall–Kier alpha value is -1.68. The van der Waals surface area contributed by atoms with Gasteiger partial charge in [0.15, 0.2) is 0 Å². The van der Waals surface area contributed by atoms with Gasteiger partial charge in [-0.05, 0) is 37.9 Å². The third-order valence-electron chi connectivity index (χ3n) is 3.66. The van der Waals surface area contributed by atoms with E-state index in [4.69, 9.17) is 0 Å². The molecule has 0 radical (unpaired) electrons. The molecule has 4 heteroatoms. The van der Waals surface area contributed by atoms with E-state index in [1.807, 2.05) is 18.5 Å². The van der Waals surface area contributed by atoms with Gasteiger partial charge < -0.3 is 9.88 Å². The van der Waals surface area contributed by atoms with E-state index < -0.39 is 0 Å². The van der Waals surface area contributed by atoms with Crippen molar-refractivity contribution in [3.63, 3.8) is 0 Å². The van der Waals surface area contributed by atoms with E-state index in [0.29, 0.717) is 6.04 Å². The van der Waals surface area contributed by atoms with Crippen molar-refractivity contribution in [3.8, 4) is 0 Å². The fourth-order valence-electron chi connectivity index (χ4n) is 2.63. The molecule has 0 aliphatic heterocycles. The molecule has 4 nitrogen and oxygen atoms in total. The summed E-state index contributed by atoms with van der Waals surface area (Å²) >= 11 is 0. The second-order valence-electron chi connectivity index (χ2n) is 5.36. The fraction of sp³-hybridized carbons (Fsp3) is 0.529. The predicted molar refractivity (Wildman–Crippen MR) is 86.2 cm³/mol. The molecule has 0 fully saturated rings. The third-order valence-corrected chi connectivity index (χ3v) is 3.66. The van der Waals surface area contributed by atoms with Crippen LogP contribution in [0, 0.1) is 0 Å². The van der Waals surface area contributed by atoms with Gasteiger partial charge in [-0.25, -0.2) is 4.98 Å². The standard InChI is InChI=1S/C17H26N4/c1-3-12-21-13-11-20-17(21)14-16(18-4-2)9-8-15-7-5-6-10-19-15/h5-7,10-11,13,16,18H,3-4,8-9,12,14H2,1-2H3. The van der Waals surface area contributed by atoms with E-state index in [1.165, 1.54) is 5.82 Å². The van der Waals surface area contributed by atoms with Crippen LogP contribution >= 0.6 is 0 Å². The smallest absolute Gasteiger partial charge is 0.110 e. The van der Waals surface area contributed by atoms with E-state index in [0.717, 1.165) is 44.5 Å². The van der Waals surface area contributed by atoms with Gasteiger partial charge in [0.1, 0.15) is 5.82 Å². The third kappa shape index (κ3) is 4.97. The summed E-state index contributed by atoms with van der Waals surface area (Å²) in [5.74, 6) is 1.18. The maximum Gasteiger partial charge on any atom is 0.110 e. The molecule has 2 aromatic rings. The maximum atomic E-state index is 4.52. The zero-order chi connectivity index (χ0) is 14.9. The summed E-state index contributed by atoms with van der Waals surface area (Å²) in [4.78, 5) is 8.93. The number of likely N-dealkylation sites (N-methyl/N-ethyl adjacent to an activating group) is 1. The Morgan fingerprint density at radius 2 is 2.10 bits per heavy atom. The van der Waals surface area contributed by atoms with Crippen LogP contribution in [0.4, 0.5) is 0 Å². The lowest BCUT2D eigenvalue weighted by molar-refractivity contribution is 0.468. The first-order valence-electron chi connectivity index (χ1n) is 7.96. The SMILES string of the molecule is CCCn1ccnc1CC(CCc1ccccn1)NCC. The summed E-state index contributed by atoms with van der Waals surface area (Å²) in [5, 5.41) is 3.58. The number of nitrogens with zero attached hydrogens (tertiary/aromatic N) is 3. The van der Waals surface area contributed by atoms with Crippen molar-refractivity contribution in [2.75, 3.05) is 6.54 Å². The van der Waals surface area contributed by atoms with Crippen LogP contribution in [-0.2, 0) is 19.4 Å². The molecule has 0 aromatic carbocycles. The molecule has 0 bridgehead atoms. The monoisotopic (exact) mass is 286 g/mol. The Morgan fingerprint density at radius 3 is 2.81 bits per heavy atom. The molecule has 1 atom stereocenters. The van der Waals surface area contributed by atoms with Crippen LogP contribution in [-0.4, -0.2) is 27.1 Å². The first kappa shape index (κ1) is 15.7. The summed E-state index contributed by atoms with van der Waals surface area (Å²) < 4.78 is 2.27. The van der Waals surface area contributed by atoms with Gasteiger partial charge in [0.05, 0.1) is 0 Å². The Kier molecular flexibility index (Phi) is 6.41. The first-order chi connectivity index (χ1) is 10.3. The van der Waals surface area contributed by atoms with Crippen molar-refractivity contribution in [2.24, 2.45) is 0 Å². The van der Waals surface area contributed by atoms with Gasteiger partial charge in [-0.3, -0.25) is 4.98 Å². The number of nitrogens with one attached hydrogen (secondary N) is 1. The molecule has 114 valence electrons. The number of hydrogen-bond acceptors (Lipinski definition) is 3. The molecular weight excluding hydrogens is 260 g/mol. The van der Waals surface area contributed by atoms with Gasteiger partial charge in [0.2, 0.25) is 0 Å². The molecule has 0 aliphatic carbocycles. The maximum absolute atomic E-state index is 4.52. The minimum atomic E-state index is 0.454. The lowest BCUT2D eigenvalue weighted by Crippen LogP contribution is -2.32. The van der Waals surface area contributed by atoms with Crippen molar-refractivity contribution in [1.29, 1.82) is 0 Å². The zero-order valence-electron chi connectivity index (χ0n) is 13.1. The lowest BCUT2D eigenvalue weighted by atomic mass is 10.1. The number of aromatic nitrogens is 3. The quantitative estimate of drug-likeness (QED) is 0.771. The number of imidazole rings is 1. The average molecular weight is 286 g/mol. The van der Waals surface area contributed by atoms with Crippen LogP contribution < -0.4 is 5.32 Å². The molecule has 21 heavy (non-hydrogen) atoms. The van der Waals surface area contributed by atoms with Gasteiger partial charge >= 0.3 is 0 Å². The van der Waals surface area contributed by atoms with Gasteiger partial charge in [-0.1, -0.05) is 19.9 Å². The van der Waals surface area contributed by atoms with Crippen molar-refractivity contribution < 1.29 is 0 Å². The van der Waals surface area contributed by atoms with E-state index in [9.17, 15) is 0 Å². The highest BCUT2D eigenvalue weighted by Gasteiger charge is 2.12. The molecule has 0 amide bonds. The van der Waals surface area contributed by atoms with Crippen LogP contribution in [0.1, 0.15) is 38.2 Å². The Labute approximate surface area is 127 Å². The van der Waals surface area contributed by atoms with Crippen LogP contribution in [0.25, 0.3) is 0 Å². The van der Waals surface area contributed by atoms with Gasteiger partial charge in [-0.2, -0.15) is 0 Å². The molecule has 1 unspecified atom stereocenters. The Morgan fingerprint density at radius 1 is 1.19 bits per heavy atom. The Bertz CT molecular complexity index is 507. The second-order valence-corrected chi connectivity index (χ2v) is 5.36. The van der Waals surface area contributed by atoms with E-state index in [-0.39, 0.29) is 0 Å². The molecule has 2 aromatic heterocycles. The highest BCUT2D eigenvalue weighted by atomic mass is 15.1. The van der Waals surface area contributed by atoms with E-state index in [2.05, 4.69) is 52.0 Å². The summed E-state index contributed by atoms with van der Waals surface area (Å²) in [6.45, 7) is 6.40. The van der Waals surface area contributed by atoms with E-state index >= 15 is 0 Å². The fourth-order valence-corrected chi connectivity index (χ4v) is 2.63. The number of pyridine rings is 1. The topological polar surface area (TPSA) is 42.7 Å². The molecule has 2 heterocycles. The molecule has 0 saturated carbocycles. The zero-order valence-corrected chi connectivity index (χ0v) is 13.1. The Balaban J connectivity index is 1.93. The van der Waals surface area contributed by atoms with Crippen molar-refractivity contribution in [1.82, 2.24) is 19.9 Å². The van der Waals surface area contributed by atoms with Crippen LogP contribution in [0.15, 0.2) is 36.8 Å². The van der Waals surface area contributed by atoms with Crippen LogP contribution in [0.3, 0.4) is 0 Å². The molecule has 0 aliphatic rings. The highest BCUT2D eigenvalue weighted by Crippen LogP contribution is 2.09. The van der Waals surface area contributed by atoms with Gasteiger partial charge in [0.25, 0.3) is 0 Å². The van der Waals surface area contributed by atoms with Gasteiger partial charge in [-0.15, -0.1) is 0 Å². The second kappa shape index (κ2) is 8.57. The minimum absolute atomic E-state index is 0.454. The first-order valence-corrected chi connectivity index (χ1v) is 7.96. The molecular formula is C17H26N4. The normalized spacial score (nSPS) is 12.5. The average Bonchev–Trinajstić information content (AvgIpc) is 2.94. The van der Waals surface area contributed by atoms with Gasteiger partial charge in [0, 0.05) is 43.3 Å². The lowest BCUT2D eigenvalue weighted by Gasteiger charge is -2.18. The molecule has 2 rings (SSSR count). The minimum Gasteiger partial charge on any atom is -0.335 e. The summed E-state index contributed by atoms with van der Waals surface area (Å²) in [6, 6.07) is 6.57. The summed E-state index contributed by atoms with van der Waals surface area (Å²) in [7, 11) is 0. The number of rotatable bonds is 9. The molecule has 0 spiro atoms. The van der Waals surface area contributed by atoms with E-state index in [1.54, 1.807) is 0 Å². The van der Waals surface area contributed by atoms with Crippen molar-refractivity contribution >= 4 is 0 Å². The number of hydrogen-bond donors (Lipinski definition) is 1. The van der Waals surface area contributed by atoms with Crippen LogP contribution in [0.5, 0.6) is 0 Å².